The van der Waals surface area contributed by atoms with Gasteiger partial charge >= 0.3 is 5.97 Å². The fourth-order valence-corrected chi connectivity index (χ4v) is 4.10. The third-order valence-corrected chi connectivity index (χ3v) is 6.07. The lowest BCUT2D eigenvalue weighted by molar-refractivity contribution is -0.141. The lowest BCUT2D eigenvalue weighted by Crippen LogP contribution is -2.41. The fourth-order valence-electron chi connectivity index (χ4n) is 2.60. The summed E-state index contributed by atoms with van der Waals surface area (Å²) in [6, 6.07) is 10.7. The molecule has 0 spiro atoms. The van der Waals surface area contributed by atoms with Gasteiger partial charge in [-0.3, -0.25) is 4.79 Å². The Morgan fingerprint density at radius 3 is 2.45 bits per heavy atom. The Balaban J connectivity index is 2.55. The summed E-state index contributed by atoms with van der Waals surface area (Å²) in [6.07, 6.45) is 0.504. The van der Waals surface area contributed by atoms with E-state index in [0.29, 0.717) is 16.3 Å². The van der Waals surface area contributed by atoms with Gasteiger partial charge in [0.2, 0.25) is 0 Å². The molecule has 0 radical (unpaired) electrons. The van der Waals surface area contributed by atoms with Crippen molar-refractivity contribution in [3.63, 3.8) is 0 Å². The molecule has 7 nitrogen and oxygen atoms in total. The number of carbonyl (C=O) groups excluding carboxylic acids is 1. The van der Waals surface area contributed by atoms with Gasteiger partial charge in [0, 0.05) is 0 Å². The number of carbonyl (C=O) groups is 1. The molecule has 0 aromatic heterocycles. The minimum absolute atomic E-state index is 0.0260. The van der Waals surface area contributed by atoms with Crippen LogP contribution in [-0.4, -0.2) is 27.5 Å². The first kappa shape index (κ1) is 23.4. The Bertz CT molecular complexity index is 970. The minimum atomic E-state index is -4.49. The lowest BCUT2D eigenvalue weighted by Gasteiger charge is -2.25. The largest absolute Gasteiger partial charge is 0.487 e. The Kier molecular flexibility index (Phi) is 8.23. The normalized spacial score (nSPS) is 11.2. The number of rotatable bonds is 9. The molecule has 0 amide bonds. The van der Waals surface area contributed by atoms with E-state index in [1.165, 1.54) is 0 Å². The standard InChI is InChI=1S/C19H22FIN2O5S/c1-3-14-10-15(28-12-13-8-6-5-7-9-13)19(17(20)18(14)21)23(29(22,25)26)11-16(24)27-4-2/h5-10H,3-4,11-12H2,1-2H3,(H2,22,25,26). The topological polar surface area (TPSA) is 98.9 Å². The second-order valence-corrected chi connectivity index (χ2v) is 8.54. The van der Waals surface area contributed by atoms with Crippen molar-refractivity contribution in [3.05, 3.63) is 56.9 Å². The van der Waals surface area contributed by atoms with Gasteiger partial charge in [-0.25, -0.2) is 13.8 Å². The van der Waals surface area contributed by atoms with Crippen LogP contribution in [0.1, 0.15) is 25.0 Å². The number of hydrogen-bond acceptors (Lipinski definition) is 5. The lowest BCUT2D eigenvalue weighted by atomic mass is 10.1. The number of esters is 1. The van der Waals surface area contributed by atoms with Crippen LogP contribution in [0.2, 0.25) is 0 Å². The van der Waals surface area contributed by atoms with E-state index in [1.807, 2.05) is 37.3 Å². The van der Waals surface area contributed by atoms with Crippen molar-refractivity contribution in [2.24, 2.45) is 5.14 Å². The van der Waals surface area contributed by atoms with E-state index in [0.717, 1.165) is 5.56 Å². The summed E-state index contributed by atoms with van der Waals surface area (Å²) in [5, 5.41) is 5.29. The van der Waals surface area contributed by atoms with Crippen LogP contribution in [0, 0.1) is 9.39 Å². The summed E-state index contributed by atoms with van der Waals surface area (Å²) < 4.78 is 50.9. The predicted octanol–water partition coefficient (Wildman–Crippen LogP) is 3.14. The molecular formula is C19H22FIN2O5S. The number of nitrogens with two attached hydrogens (primary N) is 1. The van der Waals surface area contributed by atoms with Crippen LogP contribution >= 0.6 is 22.6 Å². The zero-order valence-corrected chi connectivity index (χ0v) is 19.0. The van der Waals surface area contributed by atoms with Gasteiger partial charge in [0.05, 0.1) is 10.2 Å². The average Bonchev–Trinajstić information content (AvgIpc) is 2.67. The fraction of sp³-hybridized carbons (Fsp3) is 0.316. The number of nitrogens with zero attached hydrogens (tertiary/aromatic N) is 1. The molecule has 0 unspecified atom stereocenters. The molecule has 29 heavy (non-hydrogen) atoms. The third kappa shape index (κ3) is 6.03. The van der Waals surface area contributed by atoms with Crippen molar-refractivity contribution in [1.82, 2.24) is 0 Å². The third-order valence-electron chi connectivity index (χ3n) is 3.97. The Morgan fingerprint density at radius 2 is 1.90 bits per heavy atom. The Hall–Kier alpha value is -1.92. The van der Waals surface area contributed by atoms with E-state index >= 15 is 4.39 Å². The van der Waals surface area contributed by atoms with Crippen LogP contribution in [0.25, 0.3) is 0 Å². The maximum Gasteiger partial charge on any atom is 0.326 e. The maximum atomic E-state index is 15.3. The van der Waals surface area contributed by atoms with Crippen LogP contribution in [0.5, 0.6) is 5.75 Å². The molecule has 2 N–H and O–H groups in total. The van der Waals surface area contributed by atoms with Crippen LogP contribution in [-0.2, 0) is 32.8 Å². The summed E-state index contributed by atoms with van der Waals surface area (Å²) >= 11 is 1.79. The number of anilines is 1. The van der Waals surface area contributed by atoms with Gasteiger partial charge in [-0.1, -0.05) is 37.3 Å². The molecule has 0 heterocycles. The molecule has 0 aliphatic rings. The van der Waals surface area contributed by atoms with Gasteiger partial charge in [0.25, 0.3) is 10.2 Å². The zero-order valence-electron chi connectivity index (χ0n) is 16.0. The highest BCUT2D eigenvalue weighted by Crippen LogP contribution is 2.38. The van der Waals surface area contributed by atoms with E-state index in [9.17, 15) is 13.2 Å². The first-order chi connectivity index (χ1) is 13.7. The average molecular weight is 536 g/mol. The minimum Gasteiger partial charge on any atom is -0.487 e. The second-order valence-electron chi connectivity index (χ2n) is 5.99. The number of halogens is 2. The van der Waals surface area contributed by atoms with Crippen molar-refractivity contribution < 1.29 is 27.1 Å². The maximum absolute atomic E-state index is 15.3. The van der Waals surface area contributed by atoms with Crippen LogP contribution in [0.15, 0.2) is 36.4 Å². The molecule has 158 valence electrons. The molecule has 0 aliphatic heterocycles. The molecular weight excluding hydrogens is 514 g/mol. The van der Waals surface area contributed by atoms with E-state index in [2.05, 4.69) is 0 Å². The van der Waals surface area contributed by atoms with Crippen molar-refractivity contribution in [2.45, 2.75) is 26.9 Å². The van der Waals surface area contributed by atoms with Gasteiger partial charge in [-0.15, -0.1) is 0 Å². The van der Waals surface area contributed by atoms with Crippen molar-refractivity contribution >= 4 is 44.5 Å². The highest BCUT2D eigenvalue weighted by molar-refractivity contribution is 14.1. The van der Waals surface area contributed by atoms with Crippen LogP contribution in [0.3, 0.4) is 0 Å². The SMILES string of the molecule is CCOC(=O)CN(c1c(OCc2ccccc2)cc(CC)c(I)c1F)S(N)(=O)=O. The van der Waals surface area contributed by atoms with Gasteiger partial charge in [0.15, 0.2) is 5.82 Å². The molecule has 0 saturated carbocycles. The Morgan fingerprint density at radius 1 is 1.24 bits per heavy atom. The molecule has 2 aromatic carbocycles. The highest BCUT2D eigenvalue weighted by Gasteiger charge is 2.30. The first-order valence-corrected chi connectivity index (χ1v) is 11.4. The van der Waals surface area contributed by atoms with Gasteiger partial charge < -0.3 is 9.47 Å². The number of benzene rings is 2. The van der Waals surface area contributed by atoms with Crippen molar-refractivity contribution in [2.75, 3.05) is 17.5 Å². The summed E-state index contributed by atoms with van der Waals surface area (Å²) in [7, 11) is -4.49. The molecule has 0 fully saturated rings. The highest BCUT2D eigenvalue weighted by atomic mass is 127. The smallest absolute Gasteiger partial charge is 0.326 e. The van der Waals surface area contributed by atoms with Crippen molar-refractivity contribution in [3.8, 4) is 5.75 Å². The molecule has 10 heteroatoms. The number of hydrogen-bond donors (Lipinski definition) is 1. The van der Waals surface area contributed by atoms with Crippen LogP contribution < -0.4 is 14.2 Å². The first-order valence-electron chi connectivity index (χ1n) is 8.82. The molecule has 0 aliphatic carbocycles. The molecule has 2 rings (SSSR count). The number of ether oxygens (including phenoxy) is 2. The van der Waals surface area contributed by atoms with E-state index < -0.39 is 34.2 Å². The Labute approximate surface area is 183 Å². The summed E-state index contributed by atoms with van der Waals surface area (Å²) in [6.45, 7) is 2.77. The number of aryl methyl sites for hydroxylation is 1. The molecule has 2 aromatic rings. The van der Waals surface area contributed by atoms with Gasteiger partial charge in [-0.2, -0.15) is 8.42 Å². The van der Waals surface area contributed by atoms with Gasteiger partial charge in [0.1, 0.15) is 24.6 Å². The van der Waals surface area contributed by atoms with Crippen molar-refractivity contribution in [1.29, 1.82) is 0 Å². The van der Waals surface area contributed by atoms with E-state index in [4.69, 9.17) is 14.6 Å². The monoisotopic (exact) mass is 536 g/mol. The van der Waals surface area contributed by atoms with Crippen LogP contribution in [0.4, 0.5) is 10.1 Å². The molecule has 0 atom stereocenters. The van der Waals surface area contributed by atoms with Gasteiger partial charge in [-0.05, 0) is 53.1 Å². The molecule has 0 saturated heterocycles. The quantitative estimate of drug-likeness (QED) is 0.392. The predicted molar refractivity (Wildman–Crippen MR) is 116 cm³/mol. The molecule has 0 bridgehead atoms. The summed E-state index contributed by atoms with van der Waals surface area (Å²) in [5.41, 5.74) is 1.03. The van der Waals surface area contributed by atoms with E-state index in [1.54, 1.807) is 35.6 Å². The summed E-state index contributed by atoms with van der Waals surface area (Å²) in [5.74, 6) is -1.71. The zero-order chi connectivity index (χ0) is 21.6. The van der Waals surface area contributed by atoms with E-state index in [-0.39, 0.29) is 22.5 Å². The second kappa shape index (κ2) is 10.2. The summed E-state index contributed by atoms with van der Waals surface area (Å²) in [4.78, 5) is 11.9.